The topological polar surface area (TPSA) is 55.4 Å². The van der Waals surface area contributed by atoms with Gasteiger partial charge in [-0.3, -0.25) is 4.79 Å². The lowest BCUT2D eigenvalue weighted by molar-refractivity contribution is -0.124. The smallest absolute Gasteiger partial charge is 0.339 e. The molecule has 1 amide bonds. The molecule has 0 radical (unpaired) electrons. The molecule has 27 heavy (non-hydrogen) atoms. The molecule has 0 bridgehead atoms. The summed E-state index contributed by atoms with van der Waals surface area (Å²) in [6.07, 6.45) is 0. The van der Waals surface area contributed by atoms with Crippen LogP contribution in [0.4, 0.5) is 0 Å². The number of carbonyl (C=O) groups excluding carboxylic acids is 2. The lowest BCUT2D eigenvalue weighted by Gasteiger charge is -2.08. The van der Waals surface area contributed by atoms with E-state index in [0.29, 0.717) is 12.1 Å². The number of fused-ring (bicyclic) bond motifs is 1. The van der Waals surface area contributed by atoms with Gasteiger partial charge < -0.3 is 10.1 Å². The number of hydrogen-bond acceptors (Lipinski definition) is 4. The molecule has 1 N–H and O–H groups in total. The van der Waals surface area contributed by atoms with Crippen LogP contribution in [-0.2, 0) is 15.3 Å². The molecule has 0 saturated carbocycles. The van der Waals surface area contributed by atoms with Gasteiger partial charge in [-0.05, 0) is 22.4 Å². The van der Waals surface area contributed by atoms with E-state index < -0.39 is 5.97 Å². The molecule has 0 aliphatic carbocycles. The minimum atomic E-state index is -0.486. The summed E-state index contributed by atoms with van der Waals surface area (Å²) in [5, 5.41) is 4.56. The molecule has 5 heteroatoms. The fourth-order valence-electron chi connectivity index (χ4n) is 2.69. The Labute approximate surface area is 162 Å². The molecule has 0 heterocycles. The number of thioether (sulfide) groups is 1. The van der Waals surface area contributed by atoms with Crippen LogP contribution in [-0.4, -0.2) is 30.8 Å². The number of carbonyl (C=O) groups is 2. The standard InChI is InChI=1S/C22H21NO3S/c24-21(23-13-14-27-16-17-7-2-1-3-8-17)15-26-22(25)20-12-6-10-18-9-4-5-11-19(18)20/h1-12H,13-16H2,(H,23,24). The molecule has 0 aliphatic rings. The maximum atomic E-state index is 12.3. The minimum Gasteiger partial charge on any atom is -0.452 e. The van der Waals surface area contributed by atoms with E-state index in [4.69, 9.17) is 4.74 Å². The van der Waals surface area contributed by atoms with Crippen LogP contribution >= 0.6 is 11.8 Å². The third-order valence-electron chi connectivity index (χ3n) is 4.02. The highest BCUT2D eigenvalue weighted by atomic mass is 32.2. The van der Waals surface area contributed by atoms with Crippen molar-refractivity contribution >= 4 is 34.4 Å². The van der Waals surface area contributed by atoms with Crippen LogP contribution in [0.15, 0.2) is 72.8 Å². The molecule has 0 fully saturated rings. The summed E-state index contributed by atoms with van der Waals surface area (Å²) in [6.45, 7) is 0.271. The summed E-state index contributed by atoms with van der Waals surface area (Å²) in [4.78, 5) is 24.2. The number of benzene rings is 3. The first-order valence-corrected chi connectivity index (χ1v) is 9.93. The van der Waals surface area contributed by atoms with Crippen LogP contribution in [0.5, 0.6) is 0 Å². The maximum Gasteiger partial charge on any atom is 0.339 e. The monoisotopic (exact) mass is 379 g/mol. The summed E-state index contributed by atoms with van der Waals surface area (Å²) >= 11 is 1.75. The molecule has 0 spiro atoms. The van der Waals surface area contributed by atoms with Gasteiger partial charge in [0.1, 0.15) is 0 Å². The maximum absolute atomic E-state index is 12.3. The normalized spacial score (nSPS) is 10.5. The van der Waals surface area contributed by atoms with E-state index in [2.05, 4.69) is 17.4 Å². The van der Waals surface area contributed by atoms with E-state index in [1.54, 1.807) is 17.8 Å². The van der Waals surface area contributed by atoms with Crippen molar-refractivity contribution in [1.29, 1.82) is 0 Å². The van der Waals surface area contributed by atoms with Gasteiger partial charge >= 0.3 is 5.97 Å². The molecule has 0 aromatic heterocycles. The number of rotatable bonds is 8. The highest BCUT2D eigenvalue weighted by Gasteiger charge is 2.12. The molecule has 138 valence electrons. The predicted octanol–water partition coefficient (Wildman–Crippen LogP) is 4.05. The lowest BCUT2D eigenvalue weighted by atomic mass is 10.1. The Morgan fingerprint density at radius 1 is 0.889 bits per heavy atom. The van der Waals surface area contributed by atoms with Crippen LogP contribution in [0, 0.1) is 0 Å². The highest BCUT2D eigenvalue weighted by molar-refractivity contribution is 7.98. The van der Waals surface area contributed by atoms with E-state index in [1.807, 2.05) is 54.6 Å². The average molecular weight is 379 g/mol. The van der Waals surface area contributed by atoms with Crippen LogP contribution < -0.4 is 5.32 Å². The number of hydrogen-bond donors (Lipinski definition) is 1. The Bertz CT molecular complexity index is 906. The Balaban J connectivity index is 1.39. The fourth-order valence-corrected chi connectivity index (χ4v) is 3.51. The van der Waals surface area contributed by atoms with Crippen molar-refractivity contribution in [3.63, 3.8) is 0 Å². The second-order valence-electron chi connectivity index (χ2n) is 5.99. The van der Waals surface area contributed by atoms with E-state index in [-0.39, 0.29) is 12.5 Å². The van der Waals surface area contributed by atoms with Gasteiger partial charge in [0.15, 0.2) is 6.61 Å². The molecule has 0 saturated heterocycles. The molecule has 3 aromatic carbocycles. The molecular formula is C22H21NO3S. The Hall–Kier alpha value is -2.79. The Kier molecular flexibility index (Phi) is 6.88. The fraction of sp³-hybridized carbons (Fsp3) is 0.182. The van der Waals surface area contributed by atoms with Gasteiger partial charge in [0.2, 0.25) is 0 Å². The number of nitrogens with one attached hydrogen (secondary N) is 1. The van der Waals surface area contributed by atoms with Gasteiger partial charge in [0.05, 0.1) is 5.56 Å². The zero-order valence-electron chi connectivity index (χ0n) is 14.9. The van der Waals surface area contributed by atoms with E-state index in [0.717, 1.165) is 22.3 Å². The predicted molar refractivity (Wildman–Crippen MR) is 110 cm³/mol. The molecule has 0 unspecified atom stereocenters. The van der Waals surface area contributed by atoms with E-state index in [9.17, 15) is 9.59 Å². The van der Waals surface area contributed by atoms with Crippen molar-refractivity contribution in [2.75, 3.05) is 18.9 Å². The highest BCUT2D eigenvalue weighted by Crippen LogP contribution is 2.19. The van der Waals surface area contributed by atoms with E-state index >= 15 is 0 Å². The van der Waals surface area contributed by atoms with Crippen LogP contribution in [0.2, 0.25) is 0 Å². The van der Waals surface area contributed by atoms with Gasteiger partial charge in [-0.25, -0.2) is 4.79 Å². The van der Waals surface area contributed by atoms with E-state index in [1.165, 1.54) is 5.56 Å². The first kappa shape index (κ1) is 19.0. The van der Waals surface area contributed by atoms with Crippen LogP contribution in [0.1, 0.15) is 15.9 Å². The minimum absolute atomic E-state index is 0.272. The third kappa shape index (κ3) is 5.59. The first-order chi connectivity index (χ1) is 13.2. The zero-order chi connectivity index (χ0) is 18.9. The van der Waals surface area contributed by atoms with Crippen molar-refractivity contribution < 1.29 is 14.3 Å². The second-order valence-corrected chi connectivity index (χ2v) is 7.10. The molecular weight excluding hydrogens is 358 g/mol. The van der Waals surface area contributed by atoms with Gasteiger partial charge in [0, 0.05) is 18.1 Å². The Morgan fingerprint density at radius 3 is 2.48 bits per heavy atom. The molecule has 3 rings (SSSR count). The molecule has 4 nitrogen and oxygen atoms in total. The van der Waals surface area contributed by atoms with Crippen molar-refractivity contribution in [1.82, 2.24) is 5.32 Å². The van der Waals surface area contributed by atoms with Crippen molar-refractivity contribution in [3.05, 3.63) is 83.9 Å². The second kappa shape index (κ2) is 9.78. The third-order valence-corrected chi connectivity index (χ3v) is 5.05. The summed E-state index contributed by atoms with van der Waals surface area (Å²) in [6, 6.07) is 23.2. The summed E-state index contributed by atoms with van der Waals surface area (Å²) in [5.74, 6) is 0.939. The summed E-state index contributed by atoms with van der Waals surface area (Å²) in [5.41, 5.74) is 1.73. The van der Waals surface area contributed by atoms with Gasteiger partial charge in [-0.15, -0.1) is 0 Å². The lowest BCUT2D eigenvalue weighted by Crippen LogP contribution is -2.30. The number of amides is 1. The SMILES string of the molecule is O=C(COC(=O)c1cccc2ccccc12)NCCSCc1ccccc1. The first-order valence-electron chi connectivity index (χ1n) is 8.77. The van der Waals surface area contributed by atoms with Crippen molar-refractivity contribution in [2.45, 2.75) is 5.75 Å². The van der Waals surface area contributed by atoms with Crippen LogP contribution in [0.3, 0.4) is 0 Å². The number of esters is 1. The largest absolute Gasteiger partial charge is 0.452 e. The van der Waals surface area contributed by atoms with Crippen molar-refractivity contribution in [3.8, 4) is 0 Å². The van der Waals surface area contributed by atoms with Crippen molar-refractivity contribution in [2.24, 2.45) is 0 Å². The summed E-state index contributed by atoms with van der Waals surface area (Å²) in [7, 11) is 0. The van der Waals surface area contributed by atoms with Gasteiger partial charge in [-0.2, -0.15) is 11.8 Å². The number of ether oxygens (including phenoxy) is 1. The zero-order valence-corrected chi connectivity index (χ0v) is 15.7. The Morgan fingerprint density at radius 2 is 1.63 bits per heavy atom. The molecule has 3 aromatic rings. The van der Waals surface area contributed by atoms with Gasteiger partial charge in [-0.1, -0.05) is 66.7 Å². The summed E-state index contributed by atoms with van der Waals surface area (Å²) < 4.78 is 5.17. The average Bonchev–Trinajstić information content (AvgIpc) is 2.72. The quantitative estimate of drug-likeness (QED) is 0.474. The van der Waals surface area contributed by atoms with Gasteiger partial charge in [0.25, 0.3) is 5.91 Å². The molecule has 0 aliphatic heterocycles. The van der Waals surface area contributed by atoms with Crippen LogP contribution in [0.25, 0.3) is 10.8 Å². The molecule has 0 atom stereocenters.